The molecule has 0 saturated carbocycles. The summed E-state index contributed by atoms with van der Waals surface area (Å²) in [5.74, 6) is 0.501. The number of aromatic hydroxyl groups is 3. The minimum atomic E-state index is -0.0678. The number of benzene rings is 2. The zero-order valence-electron chi connectivity index (χ0n) is 8.79. The number of hydrogen-bond acceptors (Lipinski definition) is 5. The molecule has 17 heavy (non-hydrogen) atoms. The zero-order valence-corrected chi connectivity index (χ0v) is 8.79. The van der Waals surface area contributed by atoms with Crippen LogP contribution in [0.5, 0.6) is 23.0 Å². The largest absolute Gasteiger partial charge is 0.508 e. The van der Waals surface area contributed by atoms with Crippen LogP contribution in [-0.4, -0.2) is 15.3 Å². The van der Waals surface area contributed by atoms with Gasteiger partial charge in [-0.3, -0.25) is 0 Å². The predicted octanol–water partition coefficient (Wildman–Crippen LogP) is 2.21. The number of anilines is 1. The van der Waals surface area contributed by atoms with E-state index >= 15 is 0 Å². The topological polar surface area (TPSA) is 82.0 Å². The second kappa shape index (κ2) is 4.52. The number of hydrogen-bond donors (Lipinski definition) is 4. The van der Waals surface area contributed by atoms with Crippen molar-refractivity contribution in [3.63, 3.8) is 0 Å². The summed E-state index contributed by atoms with van der Waals surface area (Å²) < 4.78 is 0. The van der Waals surface area contributed by atoms with E-state index in [2.05, 4.69) is 5.48 Å². The highest BCUT2D eigenvalue weighted by Crippen LogP contribution is 2.24. The first-order chi connectivity index (χ1) is 8.13. The quantitative estimate of drug-likeness (QED) is 0.611. The van der Waals surface area contributed by atoms with Crippen molar-refractivity contribution in [2.75, 3.05) is 5.48 Å². The second-order valence-corrected chi connectivity index (χ2v) is 3.44. The lowest BCUT2D eigenvalue weighted by Gasteiger charge is -2.08. The molecule has 2 rings (SSSR count). The van der Waals surface area contributed by atoms with Crippen LogP contribution < -0.4 is 10.3 Å². The van der Waals surface area contributed by atoms with E-state index < -0.39 is 0 Å². The maximum atomic E-state index is 9.24. The van der Waals surface area contributed by atoms with Crippen LogP contribution in [0.3, 0.4) is 0 Å². The Kier molecular flexibility index (Phi) is 2.91. The average molecular weight is 233 g/mol. The first-order valence-electron chi connectivity index (χ1n) is 4.88. The summed E-state index contributed by atoms with van der Waals surface area (Å²) in [4.78, 5) is 5.17. The average Bonchev–Trinajstić information content (AvgIpc) is 2.27. The molecular formula is C12H11NO4. The normalized spacial score (nSPS) is 9.88. The van der Waals surface area contributed by atoms with Gasteiger partial charge in [-0.1, -0.05) is 0 Å². The third kappa shape index (κ3) is 2.94. The molecular weight excluding hydrogens is 222 g/mol. The Bertz CT molecular complexity index is 490. The lowest BCUT2D eigenvalue weighted by molar-refractivity contribution is 0.400. The molecule has 0 amide bonds. The van der Waals surface area contributed by atoms with Crippen LogP contribution in [0.15, 0.2) is 42.5 Å². The van der Waals surface area contributed by atoms with Gasteiger partial charge in [0, 0.05) is 18.2 Å². The first kappa shape index (κ1) is 10.9. The maximum absolute atomic E-state index is 9.24. The molecule has 2 aromatic carbocycles. The van der Waals surface area contributed by atoms with Gasteiger partial charge in [0.25, 0.3) is 0 Å². The van der Waals surface area contributed by atoms with Gasteiger partial charge in [-0.2, -0.15) is 0 Å². The molecule has 0 heterocycles. The van der Waals surface area contributed by atoms with Gasteiger partial charge >= 0.3 is 0 Å². The fourth-order valence-electron chi connectivity index (χ4n) is 1.29. The van der Waals surface area contributed by atoms with E-state index in [1.54, 1.807) is 12.1 Å². The van der Waals surface area contributed by atoms with Crippen LogP contribution >= 0.6 is 0 Å². The van der Waals surface area contributed by atoms with Gasteiger partial charge in [-0.05, 0) is 24.3 Å². The lowest BCUT2D eigenvalue weighted by Crippen LogP contribution is -2.04. The molecule has 4 N–H and O–H groups in total. The van der Waals surface area contributed by atoms with Gasteiger partial charge in [0.1, 0.15) is 17.2 Å². The molecule has 0 saturated heterocycles. The maximum Gasteiger partial charge on any atom is 0.155 e. The van der Waals surface area contributed by atoms with Crippen LogP contribution in [0.2, 0.25) is 0 Å². The third-order valence-electron chi connectivity index (χ3n) is 2.03. The smallest absolute Gasteiger partial charge is 0.155 e. The van der Waals surface area contributed by atoms with Gasteiger partial charge in [0.15, 0.2) is 5.75 Å². The monoisotopic (exact) mass is 233 g/mol. The van der Waals surface area contributed by atoms with Crippen molar-refractivity contribution in [1.82, 2.24) is 0 Å². The van der Waals surface area contributed by atoms with E-state index in [0.29, 0.717) is 11.4 Å². The summed E-state index contributed by atoms with van der Waals surface area (Å²) in [5, 5.41) is 27.6. The molecule has 88 valence electrons. The standard InChI is InChI=1S/C12H11NO4/c14-9-1-3-12(4-2-9)17-13-8-5-10(15)7-11(16)6-8/h1-7,13-16H. The van der Waals surface area contributed by atoms with Crippen LogP contribution in [-0.2, 0) is 0 Å². The van der Waals surface area contributed by atoms with E-state index in [9.17, 15) is 10.2 Å². The fourth-order valence-corrected chi connectivity index (χ4v) is 1.29. The lowest BCUT2D eigenvalue weighted by atomic mass is 10.3. The second-order valence-electron chi connectivity index (χ2n) is 3.44. The van der Waals surface area contributed by atoms with Crippen LogP contribution in [0.4, 0.5) is 5.69 Å². The van der Waals surface area contributed by atoms with Gasteiger partial charge in [-0.25, -0.2) is 5.48 Å². The molecule has 0 aliphatic rings. The van der Waals surface area contributed by atoms with Gasteiger partial charge in [0.05, 0.1) is 5.69 Å². The van der Waals surface area contributed by atoms with E-state index in [-0.39, 0.29) is 17.2 Å². The number of nitrogens with one attached hydrogen (secondary N) is 1. The van der Waals surface area contributed by atoms with E-state index in [1.807, 2.05) is 0 Å². The van der Waals surface area contributed by atoms with Crippen LogP contribution in [0.25, 0.3) is 0 Å². The van der Waals surface area contributed by atoms with Crippen molar-refractivity contribution < 1.29 is 20.2 Å². The van der Waals surface area contributed by atoms with Gasteiger partial charge in [-0.15, -0.1) is 0 Å². The van der Waals surface area contributed by atoms with E-state index in [1.165, 1.54) is 30.3 Å². The summed E-state index contributed by atoms with van der Waals surface area (Å²) in [6, 6.07) is 10.1. The van der Waals surface area contributed by atoms with Crippen molar-refractivity contribution >= 4 is 5.69 Å². The van der Waals surface area contributed by atoms with E-state index in [4.69, 9.17) is 9.94 Å². The predicted molar refractivity (Wildman–Crippen MR) is 62.1 cm³/mol. The molecule has 5 heteroatoms. The van der Waals surface area contributed by atoms with Crippen molar-refractivity contribution in [3.05, 3.63) is 42.5 Å². The Morgan fingerprint density at radius 1 is 0.765 bits per heavy atom. The molecule has 0 aromatic heterocycles. The highest BCUT2D eigenvalue weighted by molar-refractivity contribution is 5.52. The Morgan fingerprint density at radius 3 is 1.94 bits per heavy atom. The van der Waals surface area contributed by atoms with Gasteiger partial charge < -0.3 is 20.2 Å². The molecule has 0 unspecified atom stereocenters. The third-order valence-corrected chi connectivity index (χ3v) is 2.03. The van der Waals surface area contributed by atoms with E-state index in [0.717, 1.165) is 0 Å². The summed E-state index contributed by atoms with van der Waals surface area (Å²) in [6.45, 7) is 0. The Morgan fingerprint density at radius 2 is 1.35 bits per heavy atom. The zero-order chi connectivity index (χ0) is 12.3. The molecule has 0 aliphatic carbocycles. The Hall–Kier alpha value is -2.56. The highest BCUT2D eigenvalue weighted by Gasteiger charge is 2.00. The SMILES string of the molecule is Oc1ccc(ONc2cc(O)cc(O)c2)cc1. The Labute approximate surface area is 97.5 Å². The summed E-state index contributed by atoms with van der Waals surface area (Å²) in [7, 11) is 0. The van der Waals surface area contributed by atoms with Crippen molar-refractivity contribution in [2.24, 2.45) is 0 Å². The number of phenolic OH excluding ortho intramolecular Hbond substituents is 3. The molecule has 0 atom stereocenters. The highest BCUT2D eigenvalue weighted by atomic mass is 16.6. The van der Waals surface area contributed by atoms with Crippen molar-refractivity contribution in [2.45, 2.75) is 0 Å². The minimum absolute atomic E-state index is 0.0678. The minimum Gasteiger partial charge on any atom is -0.508 e. The Balaban J connectivity index is 2.04. The molecule has 0 spiro atoms. The van der Waals surface area contributed by atoms with Crippen molar-refractivity contribution in [3.8, 4) is 23.0 Å². The number of phenols is 3. The molecule has 0 fully saturated rings. The molecule has 2 aromatic rings. The summed E-state index contributed by atoms with van der Waals surface area (Å²) in [5.41, 5.74) is 2.97. The first-order valence-corrected chi connectivity index (χ1v) is 4.88. The molecule has 5 nitrogen and oxygen atoms in total. The molecule has 0 bridgehead atoms. The molecule has 0 aliphatic heterocycles. The molecule has 0 radical (unpaired) electrons. The fraction of sp³-hybridized carbons (Fsp3) is 0. The van der Waals surface area contributed by atoms with Gasteiger partial charge in [0.2, 0.25) is 0 Å². The summed E-state index contributed by atoms with van der Waals surface area (Å²) in [6.07, 6.45) is 0. The van der Waals surface area contributed by atoms with Crippen molar-refractivity contribution in [1.29, 1.82) is 0 Å². The number of rotatable bonds is 3. The van der Waals surface area contributed by atoms with Crippen LogP contribution in [0, 0.1) is 0 Å². The van der Waals surface area contributed by atoms with Crippen LogP contribution in [0.1, 0.15) is 0 Å². The summed E-state index contributed by atoms with van der Waals surface area (Å²) >= 11 is 0.